The number of allylic oxidation sites excluding steroid dienone is 1. The van der Waals surface area contributed by atoms with E-state index in [9.17, 15) is 30.3 Å². The van der Waals surface area contributed by atoms with Gasteiger partial charge in [0.05, 0.1) is 25.4 Å². The fourth-order valence-electron chi connectivity index (χ4n) is 5.27. The van der Waals surface area contributed by atoms with Crippen LogP contribution >= 0.6 is 0 Å². The van der Waals surface area contributed by atoms with Crippen LogP contribution in [0.3, 0.4) is 0 Å². The van der Waals surface area contributed by atoms with Gasteiger partial charge in [-0.3, -0.25) is 4.79 Å². The molecule has 0 aromatic carbocycles. The first-order valence-corrected chi connectivity index (χ1v) is 16.9. The predicted octanol–water partition coefficient (Wildman–Crippen LogP) is 4.66. The molecule has 7 atom stereocenters. The Hall–Kier alpha value is -1.07. The molecule has 7 unspecified atom stereocenters. The normalized spacial score (nSPS) is 24.2. The van der Waals surface area contributed by atoms with Crippen LogP contribution in [0.2, 0.25) is 0 Å². The standard InChI is InChI=1S/C33H63NO8/c1-3-5-7-9-11-13-14-15-16-18-20-22-27(36)26(34-29(37)23-21-19-17-12-10-8-6-4-2)25-41-33-32(40)31(39)30(38)28(24-35)42-33/h20,22,26-28,30-33,35-36,38-40H,3-19,21,23-25H2,1-2H3,(H,34,37)/b22-20+. The molecule has 1 aliphatic heterocycles. The SMILES string of the molecule is CCCCCCCCCCC/C=C/C(O)C(COC1OC(CO)C(O)C(O)C1O)NC(=O)CCCCCCCCCC. The molecular formula is C33H63NO8. The van der Waals surface area contributed by atoms with Crippen molar-refractivity contribution in [3.63, 3.8) is 0 Å². The van der Waals surface area contributed by atoms with E-state index in [2.05, 4.69) is 19.2 Å². The Balaban J connectivity index is 2.54. The number of nitrogens with one attached hydrogen (secondary N) is 1. The zero-order valence-corrected chi connectivity index (χ0v) is 26.5. The first-order chi connectivity index (χ1) is 20.3. The maximum Gasteiger partial charge on any atom is 0.220 e. The summed E-state index contributed by atoms with van der Waals surface area (Å²) in [6.45, 7) is 3.68. The van der Waals surface area contributed by atoms with Gasteiger partial charge in [-0.1, -0.05) is 122 Å². The van der Waals surface area contributed by atoms with Gasteiger partial charge in [0.1, 0.15) is 24.4 Å². The van der Waals surface area contributed by atoms with Crippen LogP contribution in [0.25, 0.3) is 0 Å². The first-order valence-electron chi connectivity index (χ1n) is 16.9. The molecular weight excluding hydrogens is 538 g/mol. The van der Waals surface area contributed by atoms with Crippen molar-refractivity contribution in [2.45, 2.75) is 179 Å². The number of amides is 1. The third kappa shape index (κ3) is 17.3. The average Bonchev–Trinajstić information content (AvgIpc) is 2.98. The Morgan fingerprint density at radius 2 is 1.31 bits per heavy atom. The van der Waals surface area contributed by atoms with Crippen molar-refractivity contribution in [3.05, 3.63) is 12.2 Å². The minimum Gasteiger partial charge on any atom is -0.394 e. The number of rotatable bonds is 26. The molecule has 1 heterocycles. The fraction of sp³-hybridized carbons (Fsp3) is 0.909. The summed E-state index contributed by atoms with van der Waals surface area (Å²) >= 11 is 0. The molecule has 6 N–H and O–H groups in total. The van der Waals surface area contributed by atoms with Gasteiger partial charge in [-0.25, -0.2) is 0 Å². The topological polar surface area (TPSA) is 149 Å². The number of carbonyl (C=O) groups excluding carboxylic acids is 1. The zero-order chi connectivity index (χ0) is 31.0. The second-order valence-corrected chi connectivity index (χ2v) is 12.0. The minimum absolute atomic E-state index is 0.185. The lowest BCUT2D eigenvalue weighted by Crippen LogP contribution is -2.60. The molecule has 1 amide bonds. The summed E-state index contributed by atoms with van der Waals surface area (Å²) in [5.74, 6) is -0.185. The highest BCUT2D eigenvalue weighted by atomic mass is 16.7. The molecule has 0 radical (unpaired) electrons. The lowest BCUT2D eigenvalue weighted by Gasteiger charge is -2.40. The molecule has 0 aliphatic carbocycles. The summed E-state index contributed by atoms with van der Waals surface area (Å²) in [6, 6.07) is -0.793. The zero-order valence-electron chi connectivity index (χ0n) is 26.5. The highest BCUT2D eigenvalue weighted by Gasteiger charge is 2.44. The third-order valence-electron chi connectivity index (χ3n) is 8.11. The molecule has 1 aliphatic rings. The van der Waals surface area contributed by atoms with E-state index in [1.165, 1.54) is 77.0 Å². The van der Waals surface area contributed by atoms with E-state index in [0.717, 1.165) is 38.5 Å². The van der Waals surface area contributed by atoms with Crippen molar-refractivity contribution in [1.82, 2.24) is 5.32 Å². The van der Waals surface area contributed by atoms with E-state index in [4.69, 9.17) is 9.47 Å². The van der Waals surface area contributed by atoms with E-state index in [1.807, 2.05) is 6.08 Å². The number of aliphatic hydroxyl groups is 5. The molecule has 0 bridgehead atoms. The molecule has 248 valence electrons. The van der Waals surface area contributed by atoms with Gasteiger partial charge in [0.2, 0.25) is 5.91 Å². The van der Waals surface area contributed by atoms with Gasteiger partial charge in [-0.15, -0.1) is 0 Å². The van der Waals surface area contributed by atoms with Crippen LogP contribution in [0.1, 0.15) is 136 Å². The van der Waals surface area contributed by atoms with E-state index in [-0.39, 0.29) is 12.5 Å². The molecule has 9 nitrogen and oxygen atoms in total. The van der Waals surface area contributed by atoms with Gasteiger partial charge in [0.15, 0.2) is 6.29 Å². The fourth-order valence-corrected chi connectivity index (χ4v) is 5.27. The van der Waals surface area contributed by atoms with Crippen LogP contribution in [0.15, 0.2) is 12.2 Å². The van der Waals surface area contributed by atoms with Crippen LogP contribution in [0, 0.1) is 0 Å². The molecule has 0 spiro atoms. The summed E-state index contributed by atoms with van der Waals surface area (Å²) in [6.07, 6.45) is 17.0. The van der Waals surface area contributed by atoms with Gasteiger partial charge >= 0.3 is 0 Å². The second kappa shape index (κ2) is 25.3. The maximum atomic E-state index is 12.7. The minimum atomic E-state index is -1.56. The molecule has 1 fully saturated rings. The number of unbranched alkanes of at least 4 members (excludes halogenated alkanes) is 16. The largest absolute Gasteiger partial charge is 0.394 e. The van der Waals surface area contributed by atoms with Crippen LogP contribution in [-0.2, 0) is 14.3 Å². The number of ether oxygens (including phenoxy) is 2. The Kier molecular flexibility index (Phi) is 23.4. The molecule has 9 heteroatoms. The number of aliphatic hydroxyl groups excluding tert-OH is 5. The van der Waals surface area contributed by atoms with Crippen molar-refractivity contribution < 1.29 is 39.8 Å². The van der Waals surface area contributed by atoms with Crippen molar-refractivity contribution >= 4 is 5.91 Å². The first kappa shape index (κ1) is 39.0. The Morgan fingerprint density at radius 1 is 0.786 bits per heavy atom. The third-order valence-corrected chi connectivity index (χ3v) is 8.11. The predicted molar refractivity (Wildman–Crippen MR) is 166 cm³/mol. The monoisotopic (exact) mass is 601 g/mol. The maximum absolute atomic E-state index is 12.7. The quantitative estimate of drug-likeness (QED) is 0.0620. The number of carbonyl (C=O) groups is 1. The summed E-state index contributed by atoms with van der Waals surface area (Å²) in [4.78, 5) is 12.7. The van der Waals surface area contributed by atoms with Gasteiger partial charge in [-0.2, -0.15) is 0 Å². The van der Waals surface area contributed by atoms with Crippen LogP contribution in [0.5, 0.6) is 0 Å². The number of hydrogen-bond donors (Lipinski definition) is 6. The highest BCUT2D eigenvalue weighted by Crippen LogP contribution is 2.22. The van der Waals surface area contributed by atoms with E-state index < -0.39 is 49.5 Å². The average molecular weight is 602 g/mol. The molecule has 42 heavy (non-hydrogen) atoms. The smallest absolute Gasteiger partial charge is 0.220 e. The molecule has 0 aromatic heterocycles. The summed E-state index contributed by atoms with van der Waals surface area (Å²) in [5.41, 5.74) is 0. The van der Waals surface area contributed by atoms with Gasteiger partial charge in [-0.05, 0) is 19.3 Å². The molecule has 0 aromatic rings. The van der Waals surface area contributed by atoms with Crippen LogP contribution in [-0.4, -0.2) is 87.5 Å². The summed E-state index contributed by atoms with van der Waals surface area (Å²) in [7, 11) is 0. The van der Waals surface area contributed by atoms with Crippen molar-refractivity contribution in [3.8, 4) is 0 Å². The van der Waals surface area contributed by atoms with Gasteiger partial charge in [0, 0.05) is 6.42 Å². The Bertz CT molecular complexity index is 676. The van der Waals surface area contributed by atoms with E-state index in [0.29, 0.717) is 6.42 Å². The van der Waals surface area contributed by atoms with Crippen LogP contribution in [0.4, 0.5) is 0 Å². The Morgan fingerprint density at radius 3 is 1.86 bits per heavy atom. The van der Waals surface area contributed by atoms with E-state index in [1.54, 1.807) is 6.08 Å². The summed E-state index contributed by atoms with van der Waals surface area (Å²) in [5, 5.41) is 53.6. The lowest BCUT2D eigenvalue weighted by atomic mass is 9.99. The highest BCUT2D eigenvalue weighted by molar-refractivity contribution is 5.76. The van der Waals surface area contributed by atoms with Crippen LogP contribution < -0.4 is 5.32 Å². The van der Waals surface area contributed by atoms with E-state index >= 15 is 0 Å². The number of hydrogen-bond acceptors (Lipinski definition) is 8. The second-order valence-electron chi connectivity index (χ2n) is 12.0. The lowest BCUT2D eigenvalue weighted by molar-refractivity contribution is -0.302. The molecule has 1 saturated heterocycles. The van der Waals surface area contributed by atoms with Crippen molar-refractivity contribution in [1.29, 1.82) is 0 Å². The van der Waals surface area contributed by atoms with Gasteiger partial charge in [0.25, 0.3) is 0 Å². The van der Waals surface area contributed by atoms with Crippen molar-refractivity contribution in [2.75, 3.05) is 13.2 Å². The molecule has 1 rings (SSSR count). The van der Waals surface area contributed by atoms with Crippen molar-refractivity contribution in [2.24, 2.45) is 0 Å². The van der Waals surface area contributed by atoms with Gasteiger partial charge < -0.3 is 40.3 Å². The summed E-state index contributed by atoms with van der Waals surface area (Å²) < 4.78 is 11.1. The molecule has 0 saturated carbocycles. The Labute approximate surface area is 255 Å².